The van der Waals surface area contributed by atoms with Gasteiger partial charge in [0.15, 0.2) is 10.7 Å². The fourth-order valence-corrected chi connectivity index (χ4v) is 2.06. The number of diazo groups is 1. The van der Waals surface area contributed by atoms with Gasteiger partial charge in [0, 0.05) is 19.0 Å². The fraction of sp³-hybridized carbons (Fsp3) is 0.636. The molecule has 0 saturated carbocycles. The summed E-state index contributed by atoms with van der Waals surface area (Å²) in [4.78, 5) is 5.12. The first kappa shape index (κ1) is 11.7. The van der Waals surface area contributed by atoms with Crippen LogP contribution in [-0.2, 0) is 0 Å². The Balaban J connectivity index is 2.53. The molecule has 0 aromatic rings. The first-order chi connectivity index (χ1) is 7.27. The lowest BCUT2D eigenvalue weighted by molar-refractivity contribution is 0.152. The summed E-state index contributed by atoms with van der Waals surface area (Å²) in [7, 11) is 0. The summed E-state index contributed by atoms with van der Waals surface area (Å²) in [6.45, 7) is 5.64. The van der Waals surface area contributed by atoms with E-state index in [-0.39, 0.29) is 5.76 Å². The van der Waals surface area contributed by atoms with E-state index >= 15 is 0 Å². The van der Waals surface area contributed by atoms with Crippen molar-refractivity contribution in [3.63, 3.8) is 0 Å². The molecular formula is C11H18N3O+. The molecule has 1 aliphatic rings. The lowest BCUT2D eigenvalue weighted by atomic mass is 9.98. The SMILES string of the molecule is C=CCN1CCCCC1C/C(O)=C\[N+]#N. The van der Waals surface area contributed by atoms with Crippen molar-refractivity contribution in [1.29, 1.82) is 5.39 Å². The lowest BCUT2D eigenvalue weighted by Gasteiger charge is -2.34. The normalized spacial score (nSPS) is 23.4. The molecule has 1 heterocycles. The zero-order valence-electron chi connectivity index (χ0n) is 8.97. The second-order valence-corrected chi connectivity index (χ2v) is 3.87. The van der Waals surface area contributed by atoms with E-state index in [1.165, 1.54) is 12.8 Å². The molecule has 0 amide bonds. The van der Waals surface area contributed by atoms with E-state index in [1.54, 1.807) is 0 Å². The van der Waals surface area contributed by atoms with Gasteiger partial charge in [-0.2, -0.15) is 0 Å². The van der Waals surface area contributed by atoms with Gasteiger partial charge in [-0.1, -0.05) is 12.5 Å². The zero-order chi connectivity index (χ0) is 11.1. The summed E-state index contributed by atoms with van der Waals surface area (Å²) >= 11 is 0. The van der Waals surface area contributed by atoms with Gasteiger partial charge in [0.25, 0.3) is 0 Å². The predicted octanol–water partition coefficient (Wildman–Crippen LogP) is 2.67. The van der Waals surface area contributed by atoms with Gasteiger partial charge in [0.2, 0.25) is 5.39 Å². The van der Waals surface area contributed by atoms with Gasteiger partial charge in [0.05, 0.1) is 0 Å². The Labute approximate surface area is 90.5 Å². The number of hydrogen-bond donors (Lipinski definition) is 1. The minimum Gasteiger partial charge on any atom is -0.505 e. The van der Waals surface area contributed by atoms with Gasteiger partial charge < -0.3 is 5.11 Å². The molecule has 0 bridgehead atoms. The van der Waals surface area contributed by atoms with E-state index in [2.05, 4.69) is 16.5 Å². The second kappa shape index (κ2) is 6.20. The number of aliphatic hydroxyl groups is 1. The summed E-state index contributed by atoms with van der Waals surface area (Å²) in [5.74, 6) is 0.137. The van der Waals surface area contributed by atoms with Crippen LogP contribution in [0.3, 0.4) is 0 Å². The van der Waals surface area contributed by atoms with E-state index in [9.17, 15) is 5.11 Å². The van der Waals surface area contributed by atoms with Crippen molar-refractivity contribution in [3.8, 4) is 0 Å². The van der Waals surface area contributed by atoms with Gasteiger partial charge in [-0.3, -0.25) is 4.90 Å². The quantitative estimate of drug-likeness (QED) is 0.439. The maximum absolute atomic E-state index is 9.44. The highest BCUT2D eigenvalue weighted by Crippen LogP contribution is 2.21. The summed E-state index contributed by atoms with van der Waals surface area (Å²) < 4.78 is 0. The van der Waals surface area contributed by atoms with Crippen molar-refractivity contribution in [2.24, 2.45) is 0 Å². The lowest BCUT2D eigenvalue weighted by Crippen LogP contribution is -2.39. The van der Waals surface area contributed by atoms with Crippen molar-refractivity contribution in [1.82, 2.24) is 4.90 Å². The van der Waals surface area contributed by atoms with Crippen LogP contribution < -0.4 is 0 Å². The Kier molecular flexibility index (Phi) is 4.85. The van der Waals surface area contributed by atoms with Crippen molar-refractivity contribution in [3.05, 3.63) is 29.6 Å². The molecule has 82 valence electrons. The molecule has 1 saturated heterocycles. The van der Waals surface area contributed by atoms with E-state index < -0.39 is 0 Å². The molecule has 4 nitrogen and oxygen atoms in total. The van der Waals surface area contributed by atoms with E-state index in [4.69, 9.17) is 5.39 Å². The molecule has 1 rings (SSSR count). The maximum atomic E-state index is 9.44. The standard InChI is InChI=1S/C11H17N3O/c1-2-6-14-7-4-3-5-10(14)8-11(15)9-13-12/h2,9-10H,1,3-8H2/p+1/b11-9+. The maximum Gasteiger partial charge on any atom is 0.387 e. The number of aliphatic hydroxyl groups excluding tert-OH is 1. The second-order valence-electron chi connectivity index (χ2n) is 3.87. The van der Waals surface area contributed by atoms with Crippen molar-refractivity contribution in [2.75, 3.05) is 13.1 Å². The highest BCUT2D eigenvalue weighted by atomic mass is 16.3. The largest absolute Gasteiger partial charge is 0.505 e. The van der Waals surface area contributed by atoms with Crippen molar-refractivity contribution < 1.29 is 5.11 Å². The third kappa shape index (κ3) is 3.72. The Hall–Kier alpha value is -1.34. The molecule has 0 aromatic heterocycles. The Morgan fingerprint density at radius 1 is 1.60 bits per heavy atom. The van der Waals surface area contributed by atoms with Crippen LogP contribution >= 0.6 is 0 Å². The zero-order valence-corrected chi connectivity index (χ0v) is 8.97. The molecule has 0 spiro atoms. The van der Waals surface area contributed by atoms with E-state index in [0.717, 1.165) is 25.7 Å². The topological polar surface area (TPSA) is 51.6 Å². The average Bonchev–Trinajstić information content (AvgIpc) is 2.21. The smallest absolute Gasteiger partial charge is 0.387 e. The minimum absolute atomic E-state index is 0.137. The number of likely N-dealkylation sites (tertiary alicyclic amines) is 1. The molecule has 0 aliphatic carbocycles. The highest BCUT2D eigenvalue weighted by molar-refractivity contribution is 4.99. The first-order valence-electron chi connectivity index (χ1n) is 5.35. The van der Waals surface area contributed by atoms with Crippen LogP contribution in [0.15, 0.2) is 24.6 Å². The van der Waals surface area contributed by atoms with Crippen LogP contribution in [0.1, 0.15) is 25.7 Å². The molecule has 1 N–H and O–H groups in total. The number of piperidine rings is 1. The van der Waals surface area contributed by atoms with Crippen LogP contribution in [-0.4, -0.2) is 29.1 Å². The monoisotopic (exact) mass is 208 g/mol. The van der Waals surface area contributed by atoms with Crippen molar-refractivity contribution >= 4 is 0 Å². The Bertz CT molecular complexity index is 280. The number of rotatable bonds is 4. The van der Waals surface area contributed by atoms with Gasteiger partial charge >= 0.3 is 6.20 Å². The predicted molar refractivity (Wildman–Crippen MR) is 59.8 cm³/mol. The molecule has 0 radical (unpaired) electrons. The van der Waals surface area contributed by atoms with Crippen LogP contribution in [0, 0.1) is 5.39 Å². The molecule has 15 heavy (non-hydrogen) atoms. The van der Waals surface area contributed by atoms with Gasteiger partial charge in [-0.25, -0.2) is 0 Å². The Morgan fingerprint density at radius 3 is 3.07 bits per heavy atom. The molecule has 1 fully saturated rings. The summed E-state index contributed by atoms with van der Waals surface area (Å²) in [6, 6.07) is 0.342. The number of hydrogen-bond acceptors (Lipinski definition) is 3. The Morgan fingerprint density at radius 2 is 2.40 bits per heavy atom. The summed E-state index contributed by atoms with van der Waals surface area (Å²) in [5, 5.41) is 17.7. The summed E-state index contributed by atoms with van der Waals surface area (Å²) in [6.07, 6.45) is 7.02. The van der Waals surface area contributed by atoms with E-state index in [1.807, 2.05) is 6.08 Å². The van der Waals surface area contributed by atoms with Crippen LogP contribution in [0.25, 0.3) is 4.98 Å². The average molecular weight is 208 g/mol. The van der Waals surface area contributed by atoms with Gasteiger partial charge in [-0.15, -0.1) is 6.58 Å². The van der Waals surface area contributed by atoms with Crippen LogP contribution in [0.2, 0.25) is 0 Å². The first-order valence-corrected chi connectivity index (χ1v) is 5.35. The minimum atomic E-state index is 0.137. The number of nitrogens with zero attached hydrogens (tertiary/aromatic N) is 3. The molecule has 1 aliphatic heterocycles. The molecular weight excluding hydrogens is 190 g/mol. The highest BCUT2D eigenvalue weighted by Gasteiger charge is 2.23. The fourth-order valence-electron chi connectivity index (χ4n) is 2.06. The third-order valence-corrected chi connectivity index (χ3v) is 2.76. The molecule has 0 aromatic carbocycles. The van der Waals surface area contributed by atoms with Gasteiger partial charge in [-0.05, 0) is 19.4 Å². The molecule has 1 atom stereocenters. The van der Waals surface area contributed by atoms with E-state index in [0.29, 0.717) is 12.5 Å². The molecule has 4 heteroatoms. The van der Waals surface area contributed by atoms with Crippen molar-refractivity contribution in [2.45, 2.75) is 31.7 Å². The van der Waals surface area contributed by atoms with Crippen LogP contribution in [0.4, 0.5) is 0 Å². The van der Waals surface area contributed by atoms with Crippen LogP contribution in [0.5, 0.6) is 0 Å². The van der Waals surface area contributed by atoms with Gasteiger partial charge in [0.1, 0.15) is 0 Å². The molecule has 1 unspecified atom stereocenters. The summed E-state index contributed by atoms with van der Waals surface area (Å²) in [5.41, 5.74) is 0. The third-order valence-electron chi connectivity index (χ3n) is 2.76.